The molecule has 0 radical (unpaired) electrons. The smallest absolute Gasteiger partial charge is 0.240 e. The number of allylic oxidation sites excluding steroid dienone is 1. The lowest BCUT2D eigenvalue weighted by Crippen LogP contribution is -2.66. The normalized spacial score (nSPS) is 16.4. The molecule has 2 aromatic carbocycles. The summed E-state index contributed by atoms with van der Waals surface area (Å²) >= 11 is 1.66. The number of nitrogens with one attached hydrogen (secondary N) is 4. The zero-order valence-corrected chi connectivity index (χ0v) is 42.5. The number of carbonyl (C=O) groups is 3. The monoisotopic (exact) mass is 965 g/mol. The second-order valence-electron chi connectivity index (χ2n) is 17.4. The van der Waals surface area contributed by atoms with E-state index in [0.29, 0.717) is 39.0 Å². The van der Waals surface area contributed by atoms with E-state index in [9.17, 15) is 23.2 Å². The molecule has 0 aliphatic carbocycles. The van der Waals surface area contributed by atoms with E-state index in [2.05, 4.69) is 65.9 Å². The number of aromatic nitrogens is 3. The van der Waals surface area contributed by atoms with Gasteiger partial charge in [-0.25, -0.2) is 23.7 Å². The van der Waals surface area contributed by atoms with Crippen LogP contribution < -0.4 is 35.8 Å². The van der Waals surface area contributed by atoms with Crippen LogP contribution in [0.1, 0.15) is 91.5 Å². The van der Waals surface area contributed by atoms with Gasteiger partial charge in [-0.15, -0.1) is 17.9 Å². The fourth-order valence-electron chi connectivity index (χ4n) is 8.22. The quantitative estimate of drug-likeness (QED) is 0.0889. The maximum atomic E-state index is 14.5. The molecular formula is C51H78F2N10O4S. The zero-order chi connectivity index (χ0) is 49.9. The van der Waals surface area contributed by atoms with Crippen LogP contribution in [0.2, 0.25) is 0 Å². The van der Waals surface area contributed by atoms with Crippen molar-refractivity contribution < 1.29 is 27.9 Å². The molecule has 1 spiro atoms. The SMILES string of the molecule is C.C=CC.CC.CNC(C(=O)N1CCCC1C=O)C(C)(C)C.CNCc1ccc(-c2scnc2C)cc1OC.CNc1cc(N2CCC3(CC2)CN(c2cc(F)c(C)cc2F)CC(=O)N3)ncn1. The molecule has 0 saturated carbocycles. The van der Waals surface area contributed by atoms with Crippen molar-refractivity contribution in [1.82, 2.24) is 35.8 Å². The lowest BCUT2D eigenvalue weighted by Gasteiger charge is -2.48. The summed E-state index contributed by atoms with van der Waals surface area (Å²) in [5.74, 6) is 1.38. The molecule has 2 amide bonds. The van der Waals surface area contributed by atoms with Gasteiger partial charge in [-0.1, -0.05) is 60.3 Å². The summed E-state index contributed by atoms with van der Waals surface area (Å²) in [6, 6.07) is 10.1. The second-order valence-corrected chi connectivity index (χ2v) is 18.3. The standard InChI is InChI=1S/C20H24F2N6O.C13H16N2OS.C12H22N2O2.C3H6.C2H6.CH4/c1-13-7-15(22)16(8-14(13)21)28-10-19(29)26-20(11-28)3-5-27(6-4-20)18-9-17(23-2)24-12-25-18;1-9-13(17-8-15-9)10-4-5-11(7-14-2)12(6-10)16-3;1-12(2,3)10(13-4)11(16)14-7-5-6-9(14)8-15;1-3-2;1-2;/h7-9,12H,3-6,10-11H2,1-2H3,(H,26,29)(H,23,24,25);4-6,8,14H,7H2,1-3H3;8-10,13H,5-7H2,1-4H3;3H,1H2,2H3;1-2H3;1H4. The van der Waals surface area contributed by atoms with E-state index in [1.807, 2.05) is 67.1 Å². The van der Waals surface area contributed by atoms with Gasteiger partial charge in [0.1, 0.15) is 41.6 Å². The Bertz CT molecular complexity index is 2210. The molecule has 7 rings (SSSR count). The summed E-state index contributed by atoms with van der Waals surface area (Å²) in [6.07, 6.45) is 7.25. The Kier molecular flexibility index (Phi) is 24.2. The number of anilines is 3. The molecule has 3 aliphatic heterocycles. The number of amides is 2. The van der Waals surface area contributed by atoms with E-state index in [0.717, 1.165) is 48.8 Å². The van der Waals surface area contributed by atoms with E-state index < -0.39 is 17.2 Å². The Hall–Kier alpha value is -5.52. The Morgan fingerprint density at radius 3 is 2.26 bits per heavy atom. The number of methoxy groups -OCH3 is 1. The summed E-state index contributed by atoms with van der Waals surface area (Å²) in [6.45, 7) is 22.2. The number of piperidine rings is 1. The highest BCUT2D eigenvalue weighted by Crippen LogP contribution is 2.34. The molecule has 2 aromatic heterocycles. The third kappa shape index (κ3) is 15.8. The zero-order valence-electron chi connectivity index (χ0n) is 41.7. The van der Waals surface area contributed by atoms with Crippen LogP contribution in [0, 0.1) is 30.9 Å². The van der Waals surface area contributed by atoms with Crippen LogP contribution in [0.4, 0.5) is 26.1 Å². The Morgan fingerprint density at radius 2 is 1.71 bits per heavy atom. The molecule has 376 valence electrons. The molecule has 3 fully saturated rings. The lowest BCUT2D eigenvalue weighted by molar-refractivity contribution is -0.138. The molecule has 4 aromatic rings. The first-order chi connectivity index (χ1) is 32.0. The number of piperazine rings is 1. The number of nitrogens with zero attached hydrogens (tertiary/aromatic N) is 6. The Balaban J connectivity index is 0.000000351. The predicted molar refractivity (Wildman–Crippen MR) is 276 cm³/mol. The van der Waals surface area contributed by atoms with Gasteiger partial charge in [0.05, 0.1) is 53.0 Å². The summed E-state index contributed by atoms with van der Waals surface area (Å²) < 4.78 is 33.9. The molecule has 2 atom stereocenters. The summed E-state index contributed by atoms with van der Waals surface area (Å²) in [5.41, 5.74) is 5.06. The van der Waals surface area contributed by atoms with Crippen LogP contribution >= 0.6 is 11.3 Å². The molecule has 3 saturated heterocycles. The third-order valence-electron chi connectivity index (χ3n) is 11.6. The maximum absolute atomic E-state index is 14.5. The van der Waals surface area contributed by atoms with Gasteiger partial charge in [-0.2, -0.15) is 0 Å². The number of benzene rings is 2. The van der Waals surface area contributed by atoms with Gasteiger partial charge in [0.15, 0.2) is 0 Å². The number of thiazole rings is 1. The van der Waals surface area contributed by atoms with Crippen LogP contribution in [0.5, 0.6) is 5.75 Å². The van der Waals surface area contributed by atoms with Crippen molar-refractivity contribution in [2.45, 2.75) is 113 Å². The number of ether oxygens (including phenoxy) is 1. The molecule has 2 unspecified atom stereocenters. The fraction of sp³-hybridized carbons (Fsp3) is 0.529. The van der Waals surface area contributed by atoms with Crippen molar-refractivity contribution >= 4 is 46.8 Å². The van der Waals surface area contributed by atoms with E-state index in [4.69, 9.17) is 4.74 Å². The molecule has 4 N–H and O–H groups in total. The first-order valence-corrected chi connectivity index (χ1v) is 23.8. The van der Waals surface area contributed by atoms with Crippen molar-refractivity contribution in [3.63, 3.8) is 0 Å². The minimum absolute atomic E-state index is 0. The number of carbonyl (C=O) groups excluding carboxylic acids is 3. The van der Waals surface area contributed by atoms with Gasteiger partial charge in [0.25, 0.3) is 0 Å². The van der Waals surface area contributed by atoms with E-state index in [-0.39, 0.29) is 54.5 Å². The topological polar surface area (TPSA) is 157 Å². The summed E-state index contributed by atoms with van der Waals surface area (Å²) in [4.78, 5) is 55.0. The number of rotatable bonds is 10. The average molecular weight is 965 g/mol. The average Bonchev–Trinajstić information content (AvgIpc) is 3.98. The number of aldehydes is 1. The molecule has 5 heterocycles. The van der Waals surface area contributed by atoms with Gasteiger partial charge in [-0.3, -0.25) is 9.59 Å². The maximum Gasteiger partial charge on any atom is 0.240 e. The third-order valence-corrected chi connectivity index (χ3v) is 12.5. The van der Waals surface area contributed by atoms with E-state index >= 15 is 0 Å². The highest BCUT2D eigenvalue weighted by atomic mass is 32.1. The minimum Gasteiger partial charge on any atom is -0.496 e. The van der Waals surface area contributed by atoms with Gasteiger partial charge < -0.3 is 45.5 Å². The first-order valence-electron chi connectivity index (χ1n) is 23.0. The molecule has 14 nitrogen and oxygen atoms in total. The molecule has 0 bridgehead atoms. The van der Waals surface area contributed by atoms with E-state index in [1.54, 1.807) is 48.4 Å². The molecular weight excluding hydrogens is 887 g/mol. The number of likely N-dealkylation sites (tertiary alicyclic amines) is 1. The van der Waals surface area contributed by atoms with Crippen LogP contribution in [-0.2, 0) is 20.9 Å². The van der Waals surface area contributed by atoms with Gasteiger partial charge in [0.2, 0.25) is 11.8 Å². The van der Waals surface area contributed by atoms with Crippen molar-refractivity contribution in [2.75, 3.05) is 76.1 Å². The number of likely N-dealkylation sites (N-methyl/N-ethyl adjacent to an activating group) is 1. The predicted octanol–water partition coefficient (Wildman–Crippen LogP) is 8.59. The number of hydrogen-bond donors (Lipinski definition) is 4. The van der Waals surface area contributed by atoms with Crippen LogP contribution in [0.3, 0.4) is 0 Å². The summed E-state index contributed by atoms with van der Waals surface area (Å²) in [5, 5.41) is 12.3. The Morgan fingerprint density at radius 1 is 1.03 bits per heavy atom. The fourth-order valence-corrected chi connectivity index (χ4v) is 9.03. The second kappa shape index (κ2) is 28.1. The van der Waals surface area contributed by atoms with Crippen molar-refractivity contribution in [3.05, 3.63) is 89.3 Å². The van der Waals surface area contributed by atoms with Crippen LogP contribution in [0.15, 0.2) is 60.9 Å². The highest BCUT2D eigenvalue weighted by molar-refractivity contribution is 7.13. The van der Waals surface area contributed by atoms with Crippen molar-refractivity contribution in [2.24, 2.45) is 5.41 Å². The van der Waals surface area contributed by atoms with Gasteiger partial charge in [-0.05, 0) is 89.2 Å². The molecule has 3 aliphatic rings. The van der Waals surface area contributed by atoms with Gasteiger partial charge >= 0.3 is 0 Å². The molecule has 17 heteroatoms. The van der Waals surface area contributed by atoms with Gasteiger partial charge in [0, 0.05) is 57.5 Å². The number of aryl methyl sites for hydroxylation is 2. The van der Waals surface area contributed by atoms with Crippen LogP contribution in [-0.4, -0.2) is 117 Å². The summed E-state index contributed by atoms with van der Waals surface area (Å²) in [7, 11) is 7.23. The van der Waals surface area contributed by atoms with Crippen molar-refractivity contribution in [3.8, 4) is 16.2 Å². The van der Waals surface area contributed by atoms with Crippen LogP contribution in [0.25, 0.3) is 10.4 Å². The number of halogens is 2. The molecule has 68 heavy (non-hydrogen) atoms. The first kappa shape index (κ1) is 58.6. The number of hydrogen-bond acceptors (Lipinski definition) is 13. The van der Waals surface area contributed by atoms with E-state index in [1.165, 1.54) is 41.4 Å². The lowest BCUT2D eigenvalue weighted by atomic mass is 9.85. The highest BCUT2D eigenvalue weighted by Gasteiger charge is 2.42. The minimum atomic E-state index is -0.508. The van der Waals surface area contributed by atoms with Crippen molar-refractivity contribution in [1.29, 1.82) is 0 Å². The Labute approximate surface area is 408 Å². The largest absolute Gasteiger partial charge is 0.496 e.